The SMILES string of the molecule is CC1c2cccc(C(N)=O)c2C(=O)N1C1CCN(Cc2cccc(N3CCCCC3)c2)CC1. The van der Waals surface area contributed by atoms with Crippen molar-refractivity contribution < 1.29 is 9.59 Å². The molecule has 3 aliphatic rings. The summed E-state index contributed by atoms with van der Waals surface area (Å²) >= 11 is 0. The molecule has 5 rings (SSSR count). The van der Waals surface area contributed by atoms with Crippen molar-refractivity contribution in [1.82, 2.24) is 9.80 Å². The van der Waals surface area contributed by atoms with Gasteiger partial charge in [0.1, 0.15) is 0 Å². The monoisotopic (exact) mass is 446 g/mol. The molecule has 6 nitrogen and oxygen atoms in total. The van der Waals surface area contributed by atoms with Crippen LogP contribution < -0.4 is 10.6 Å². The standard InChI is InChI=1S/C27H34N4O2/c1-19-23-9-6-10-24(26(28)32)25(23)27(33)31(19)21-11-15-29(16-12-21)18-20-7-5-8-22(17-20)30-13-3-2-4-14-30/h5-10,17,19,21H,2-4,11-16,18H2,1H3,(H2,28,32). The van der Waals surface area contributed by atoms with E-state index in [-0.39, 0.29) is 18.0 Å². The molecule has 3 aliphatic heterocycles. The molecule has 0 saturated carbocycles. The van der Waals surface area contributed by atoms with Crippen molar-refractivity contribution in [3.63, 3.8) is 0 Å². The lowest BCUT2D eigenvalue weighted by atomic mass is 9.99. The van der Waals surface area contributed by atoms with Crippen LogP contribution in [-0.2, 0) is 6.54 Å². The van der Waals surface area contributed by atoms with Crippen LogP contribution >= 0.6 is 0 Å². The van der Waals surface area contributed by atoms with Crippen LogP contribution in [0.2, 0.25) is 0 Å². The summed E-state index contributed by atoms with van der Waals surface area (Å²) in [6, 6.07) is 14.6. The maximum atomic E-state index is 13.3. The van der Waals surface area contributed by atoms with Crippen LogP contribution in [0.3, 0.4) is 0 Å². The van der Waals surface area contributed by atoms with E-state index in [0.29, 0.717) is 11.1 Å². The number of fused-ring (bicyclic) bond motifs is 1. The maximum Gasteiger partial charge on any atom is 0.255 e. The lowest BCUT2D eigenvalue weighted by molar-refractivity contribution is 0.0510. The van der Waals surface area contributed by atoms with Crippen molar-refractivity contribution in [2.75, 3.05) is 31.1 Å². The van der Waals surface area contributed by atoms with Crippen LogP contribution in [0, 0.1) is 0 Å². The molecule has 1 unspecified atom stereocenters. The quantitative estimate of drug-likeness (QED) is 0.755. The number of likely N-dealkylation sites (tertiary alicyclic amines) is 1. The summed E-state index contributed by atoms with van der Waals surface area (Å²) in [4.78, 5) is 32.2. The van der Waals surface area contributed by atoms with Crippen LogP contribution in [0.25, 0.3) is 0 Å². The molecule has 2 amide bonds. The minimum Gasteiger partial charge on any atom is -0.372 e. The van der Waals surface area contributed by atoms with E-state index in [0.717, 1.165) is 51.1 Å². The second-order valence-electron chi connectivity index (χ2n) is 9.75. The summed E-state index contributed by atoms with van der Waals surface area (Å²) in [6.45, 7) is 7.27. The smallest absolute Gasteiger partial charge is 0.255 e. The Kier molecular flexibility index (Phi) is 6.11. The van der Waals surface area contributed by atoms with Gasteiger partial charge in [-0.05, 0) is 68.4 Å². The van der Waals surface area contributed by atoms with Crippen LogP contribution in [0.4, 0.5) is 5.69 Å². The molecule has 33 heavy (non-hydrogen) atoms. The average Bonchev–Trinajstić information content (AvgIpc) is 3.10. The van der Waals surface area contributed by atoms with Gasteiger partial charge in [-0.2, -0.15) is 0 Å². The molecule has 0 aliphatic carbocycles. The third-order valence-corrected chi connectivity index (χ3v) is 7.67. The van der Waals surface area contributed by atoms with Crippen LogP contribution in [-0.4, -0.2) is 53.8 Å². The van der Waals surface area contributed by atoms with E-state index >= 15 is 0 Å². The second-order valence-corrected chi connectivity index (χ2v) is 9.75. The number of nitrogens with two attached hydrogens (primary N) is 1. The Morgan fingerprint density at radius 3 is 2.45 bits per heavy atom. The van der Waals surface area contributed by atoms with Crippen molar-refractivity contribution in [3.05, 3.63) is 64.7 Å². The third kappa shape index (κ3) is 4.24. The van der Waals surface area contributed by atoms with E-state index in [1.54, 1.807) is 6.07 Å². The van der Waals surface area contributed by atoms with Gasteiger partial charge in [0.05, 0.1) is 17.2 Å². The normalized spacial score (nSPS) is 22.0. The molecule has 1 atom stereocenters. The number of hydrogen-bond acceptors (Lipinski definition) is 4. The first-order valence-electron chi connectivity index (χ1n) is 12.3. The fourth-order valence-electron chi connectivity index (χ4n) is 5.92. The lowest BCUT2D eigenvalue weighted by Gasteiger charge is -2.39. The fourth-order valence-corrected chi connectivity index (χ4v) is 5.92. The van der Waals surface area contributed by atoms with Gasteiger partial charge in [0.15, 0.2) is 0 Å². The summed E-state index contributed by atoms with van der Waals surface area (Å²) in [5.41, 5.74) is 10.0. The molecule has 0 bridgehead atoms. The minimum absolute atomic E-state index is 0.0235. The molecule has 3 heterocycles. The van der Waals surface area contributed by atoms with Gasteiger partial charge in [-0.15, -0.1) is 0 Å². The Bertz CT molecular complexity index is 1040. The summed E-state index contributed by atoms with van der Waals surface area (Å²) in [5.74, 6) is -0.574. The average molecular weight is 447 g/mol. The Hall–Kier alpha value is -2.86. The van der Waals surface area contributed by atoms with Crippen molar-refractivity contribution in [2.45, 2.75) is 57.7 Å². The van der Waals surface area contributed by atoms with Crippen molar-refractivity contribution in [3.8, 4) is 0 Å². The van der Waals surface area contributed by atoms with Gasteiger partial charge in [-0.3, -0.25) is 14.5 Å². The maximum absolute atomic E-state index is 13.3. The first-order chi connectivity index (χ1) is 16.0. The first kappa shape index (κ1) is 22.0. The molecule has 0 spiro atoms. The summed E-state index contributed by atoms with van der Waals surface area (Å²) < 4.78 is 0. The molecular formula is C27H34N4O2. The van der Waals surface area contributed by atoms with Crippen molar-refractivity contribution in [2.24, 2.45) is 5.73 Å². The molecule has 174 valence electrons. The Labute approximate surface area is 196 Å². The molecule has 0 radical (unpaired) electrons. The highest BCUT2D eigenvalue weighted by atomic mass is 16.2. The Morgan fingerprint density at radius 1 is 1.00 bits per heavy atom. The van der Waals surface area contributed by atoms with Crippen LogP contribution in [0.15, 0.2) is 42.5 Å². The number of carbonyl (C=O) groups excluding carboxylic acids is 2. The fraction of sp³-hybridized carbons (Fsp3) is 0.481. The Morgan fingerprint density at radius 2 is 1.73 bits per heavy atom. The summed E-state index contributed by atoms with van der Waals surface area (Å²) in [5, 5.41) is 0. The summed E-state index contributed by atoms with van der Waals surface area (Å²) in [7, 11) is 0. The molecule has 2 aromatic rings. The first-order valence-corrected chi connectivity index (χ1v) is 12.3. The number of benzene rings is 2. The minimum atomic E-state index is -0.532. The largest absolute Gasteiger partial charge is 0.372 e. The van der Waals surface area contributed by atoms with Crippen molar-refractivity contribution >= 4 is 17.5 Å². The van der Waals surface area contributed by atoms with E-state index in [4.69, 9.17) is 5.73 Å². The number of hydrogen-bond donors (Lipinski definition) is 1. The number of amides is 2. The molecule has 2 aromatic carbocycles. The predicted molar refractivity (Wildman–Crippen MR) is 130 cm³/mol. The van der Waals surface area contributed by atoms with Gasteiger partial charge in [-0.25, -0.2) is 0 Å². The van der Waals surface area contributed by atoms with Gasteiger partial charge in [-0.1, -0.05) is 24.3 Å². The second kappa shape index (κ2) is 9.18. The molecular weight excluding hydrogens is 412 g/mol. The van der Waals surface area contributed by atoms with Crippen LogP contribution in [0.1, 0.15) is 76.9 Å². The number of rotatable bonds is 5. The topological polar surface area (TPSA) is 69.9 Å². The number of piperidine rings is 2. The number of carbonyl (C=O) groups is 2. The number of nitrogens with zero attached hydrogens (tertiary/aromatic N) is 3. The van der Waals surface area contributed by atoms with Gasteiger partial charge >= 0.3 is 0 Å². The van der Waals surface area contributed by atoms with Crippen LogP contribution in [0.5, 0.6) is 0 Å². The molecule has 2 saturated heterocycles. The third-order valence-electron chi connectivity index (χ3n) is 7.67. The number of anilines is 1. The Balaban J connectivity index is 1.23. The molecule has 6 heteroatoms. The molecule has 0 aromatic heterocycles. The zero-order chi connectivity index (χ0) is 22.9. The zero-order valence-electron chi connectivity index (χ0n) is 19.5. The molecule has 2 fully saturated rings. The molecule has 2 N–H and O–H groups in total. The van der Waals surface area contributed by atoms with Gasteiger partial charge in [0.25, 0.3) is 5.91 Å². The highest BCUT2D eigenvalue weighted by molar-refractivity contribution is 6.09. The van der Waals surface area contributed by atoms with E-state index in [1.165, 1.54) is 30.5 Å². The van der Waals surface area contributed by atoms with Gasteiger partial charge in [0, 0.05) is 44.5 Å². The zero-order valence-corrected chi connectivity index (χ0v) is 19.5. The van der Waals surface area contributed by atoms with E-state index in [1.807, 2.05) is 17.0 Å². The van der Waals surface area contributed by atoms with E-state index < -0.39 is 5.91 Å². The van der Waals surface area contributed by atoms with E-state index in [2.05, 4.69) is 41.0 Å². The van der Waals surface area contributed by atoms with Crippen molar-refractivity contribution in [1.29, 1.82) is 0 Å². The van der Waals surface area contributed by atoms with Gasteiger partial charge in [0.2, 0.25) is 5.91 Å². The number of primary amides is 1. The predicted octanol–water partition coefficient (Wildman–Crippen LogP) is 3.96. The van der Waals surface area contributed by atoms with E-state index in [9.17, 15) is 9.59 Å². The van der Waals surface area contributed by atoms with Gasteiger partial charge < -0.3 is 15.5 Å². The summed E-state index contributed by atoms with van der Waals surface area (Å²) in [6.07, 6.45) is 5.81. The highest BCUT2D eigenvalue weighted by Crippen LogP contribution is 2.38. The lowest BCUT2D eigenvalue weighted by Crippen LogP contribution is -2.45. The highest BCUT2D eigenvalue weighted by Gasteiger charge is 2.41.